The summed E-state index contributed by atoms with van der Waals surface area (Å²) in [6.07, 6.45) is 2.52. The van der Waals surface area contributed by atoms with E-state index < -0.39 is 6.16 Å². The highest BCUT2D eigenvalue weighted by molar-refractivity contribution is 5.57. The molecule has 1 aliphatic carbocycles. The van der Waals surface area contributed by atoms with Gasteiger partial charge in [0.05, 0.1) is 0 Å². The largest absolute Gasteiger partial charge is 0.506 e. The van der Waals surface area contributed by atoms with Crippen molar-refractivity contribution < 1.29 is 14.6 Å². The highest BCUT2D eigenvalue weighted by atomic mass is 16.7. The van der Waals surface area contributed by atoms with Gasteiger partial charge in [-0.3, -0.25) is 0 Å². The van der Waals surface area contributed by atoms with E-state index in [9.17, 15) is 4.79 Å². The molecule has 1 fully saturated rings. The van der Waals surface area contributed by atoms with Crippen molar-refractivity contribution in [3.63, 3.8) is 0 Å². The summed E-state index contributed by atoms with van der Waals surface area (Å²) < 4.78 is 4.93. The predicted octanol–water partition coefficient (Wildman–Crippen LogP) is 4.70. The van der Waals surface area contributed by atoms with Crippen molar-refractivity contribution in [2.24, 2.45) is 16.2 Å². The first-order valence-electron chi connectivity index (χ1n) is 6.89. The molecule has 0 aromatic carbocycles. The Morgan fingerprint density at radius 3 is 1.72 bits per heavy atom. The third kappa shape index (κ3) is 2.81. The summed E-state index contributed by atoms with van der Waals surface area (Å²) in [5.74, 6) is 0. The van der Waals surface area contributed by atoms with Crippen LogP contribution < -0.4 is 0 Å². The number of rotatable bonds is 1. The molecular formula is C15H28O3. The number of hydrogen-bond donors (Lipinski definition) is 1. The van der Waals surface area contributed by atoms with Crippen LogP contribution in [-0.2, 0) is 4.74 Å². The van der Waals surface area contributed by atoms with Gasteiger partial charge in [-0.2, -0.15) is 0 Å². The first-order chi connectivity index (χ1) is 7.99. The molecule has 0 atom stereocenters. The zero-order chi connectivity index (χ0) is 14.2. The normalized spacial score (nSPS) is 21.7. The molecule has 0 amide bonds. The number of hydrogen-bond acceptors (Lipinski definition) is 2. The average molecular weight is 256 g/mol. The summed E-state index contributed by atoms with van der Waals surface area (Å²) in [6.45, 7) is 13.8. The van der Waals surface area contributed by atoms with Crippen molar-refractivity contribution >= 4 is 6.16 Å². The molecule has 18 heavy (non-hydrogen) atoms. The van der Waals surface area contributed by atoms with Crippen LogP contribution in [0.3, 0.4) is 0 Å². The van der Waals surface area contributed by atoms with Crippen LogP contribution in [0, 0.1) is 16.2 Å². The number of ether oxygens (including phenoxy) is 1. The minimum Gasteiger partial charge on any atom is -0.450 e. The highest BCUT2D eigenvalue weighted by Gasteiger charge is 2.51. The molecule has 0 saturated heterocycles. The van der Waals surface area contributed by atoms with Crippen molar-refractivity contribution in [3.8, 4) is 0 Å². The van der Waals surface area contributed by atoms with Gasteiger partial charge < -0.3 is 9.84 Å². The second-order valence-corrected chi connectivity index (χ2v) is 7.67. The first-order valence-corrected chi connectivity index (χ1v) is 6.89. The van der Waals surface area contributed by atoms with Gasteiger partial charge in [-0.25, -0.2) is 4.79 Å². The second-order valence-electron chi connectivity index (χ2n) is 7.67. The molecule has 3 heteroatoms. The summed E-state index contributed by atoms with van der Waals surface area (Å²) in [4.78, 5) is 10.6. The van der Waals surface area contributed by atoms with E-state index in [-0.39, 0.29) is 22.3 Å². The lowest BCUT2D eigenvalue weighted by atomic mass is 9.49. The van der Waals surface area contributed by atoms with Crippen molar-refractivity contribution in [1.82, 2.24) is 0 Å². The van der Waals surface area contributed by atoms with Crippen LogP contribution in [0.15, 0.2) is 0 Å². The molecule has 1 N–H and O–H groups in total. The maximum Gasteiger partial charge on any atom is 0.506 e. The molecule has 0 aliphatic heterocycles. The van der Waals surface area contributed by atoms with Gasteiger partial charge in [0.25, 0.3) is 0 Å². The SMILES string of the molecule is CC(C)(C)C1(C(C)(C)C)CCC(OC(=O)O)CC1. The van der Waals surface area contributed by atoms with Gasteiger partial charge in [0.2, 0.25) is 0 Å². The van der Waals surface area contributed by atoms with Crippen molar-refractivity contribution in [2.45, 2.75) is 73.3 Å². The molecular weight excluding hydrogens is 228 g/mol. The summed E-state index contributed by atoms with van der Waals surface area (Å²) in [6, 6.07) is 0. The minimum absolute atomic E-state index is 0.111. The van der Waals surface area contributed by atoms with Gasteiger partial charge in [0, 0.05) is 0 Å². The predicted molar refractivity (Wildman–Crippen MR) is 72.7 cm³/mol. The lowest BCUT2D eigenvalue weighted by Crippen LogP contribution is -2.49. The maximum absolute atomic E-state index is 10.6. The van der Waals surface area contributed by atoms with Gasteiger partial charge in [-0.1, -0.05) is 41.5 Å². The Kier molecular flexibility index (Phi) is 4.04. The molecule has 1 rings (SSSR count). The van der Waals surface area contributed by atoms with Crippen LogP contribution in [0.4, 0.5) is 4.79 Å². The fourth-order valence-electron chi connectivity index (χ4n) is 3.97. The van der Waals surface area contributed by atoms with Crippen LogP contribution in [0.2, 0.25) is 0 Å². The highest BCUT2D eigenvalue weighted by Crippen LogP contribution is 2.59. The Balaban J connectivity index is 2.85. The molecule has 1 aliphatic rings. The van der Waals surface area contributed by atoms with E-state index in [0.717, 1.165) is 25.7 Å². The van der Waals surface area contributed by atoms with E-state index in [1.54, 1.807) is 0 Å². The smallest absolute Gasteiger partial charge is 0.450 e. The molecule has 0 aromatic rings. The lowest BCUT2D eigenvalue weighted by molar-refractivity contribution is -0.0922. The van der Waals surface area contributed by atoms with Crippen molar-refractivity contribution in [2.75, 3.05) is 0 Å². The van der Waals surface area contributed by atoms with Crippen LogP contribution in [0.5, 0.6) is 0 Å². The minimum atomic E-state index is -1.14. The van der Waals surface area contributed by atoms with Crippen LogP contribution in [0.25, 0.3) is 0 Å². The third-order valence-electron chi connectivity index (χ3n) is 4.92. The molecule has 0 bridgehead atoms. The second kappa shape index (κ2) is 4.75. The molecule has 106 valence electrons. The topological polar surface area (TPSA) is 46.5 Å². The summed E-state index contributed by atoms with van der Waals surface area (Å²) >= 11 is 0. The molecule has 0 aromatic heterocycles. The number of carbonyl (C=O) groups is 1. The Bertz CT molecular complexity index is 283. The monoisotopic (exact) mass is 256 g/mol. The number of carboxylic acid groups (broad SMARTS) is 1. The Hall–Kier alpha value is -0.730. The molecule has 3 nitrogen and oxygen atoms in total. The third-order valence-corrected chi connectivity index (χ3v) is 4.92. The van der Waals surface area contributed by atoms with Crippen molar-refractivity contribution in [1.29, 1.82) is 0 Å². The molecule has 0 spiro atoms. The van der Waals surface area contributed by atoms with E-state index in [1.807, 2.05) is 0 Å². The molecule has 0 radical (unpaired) electrons. The average Bonchev–Trinajstić information content (AvgIpc) is 2.13. The fourth-order valence-corrected chi connectivity index (χ4v) is 3.97. The zero-order valence-electron chi connectivity index (χ0n) is 12.7. The van der Waals surface area contributed by atoms with Gasteiger partial charge in [-0.15, -0.1) is 0 Å². The van der Waals surface area contributed by atoms with Crippen molar-refractivity contribution in [3.05, 3.63) is 0 Å². The molecule has 0 unspecified atom stereocenters. The van der Waals surface area contributed by atoms with E-state index in [1.165, 1.54) is 0 Å². The van der Waals surface area contributed by atoms with Crippen LogP contribution in [-0.4, -0.2) is 17.4 Å². The Morgan fingerprint density at radius 1 is 1.06 bits per heavy atom. The van der Waals surface area contributed by atoms with Gasteiger partial charge in [0.15, 0.2) is 0 Å². The fraction of sp³-hybridized carbons (Fsp3) is 0.933. The zero-order valence-corrected chi connectivity index (χ0v) is 12.7. The quantitative estimate of drug-likeness (QED) is 0.691. The van der Waals surface area contributed by atoms with E-state index in [0.29, 0.717) is 0 Å². The summed E-state index contributed by atoms with van der Waals surface area (Å²) in [7, 11) is 0. The summed E-state index contributed by atoms with van der Waals surface area (Å²) in [5, 5.41) is 8.69. The van der Waals surface area contributed by atoms with Gasteiger partial charge in [-0.05, 0) is 41.9 Å². The Labute approximate surface area is 111 Å². The lowest BCUT2D eigenvalue weighted by Gasteiger charge is -2.57. The van der Waals surface area contributed by atoms with E-state index in [2.05, 4.69) is 41.5 Å². The van der Waals surface area contributed by atoms with Crippen LogP contribution in [0.1, 0.15) is 67.2 Å². The standard InChI is InChI=1S/C15H28O3/c1-13(2,3)15(14(4,5)6)9-7-11(8-10-15)18-12(16)17/h11H,7-10H2,1-6H3,(H,16,17). The van der Waals surface area contributed by atoms with Gasteiger partial charge in [0.1, 0.15) is 6.10 Å². The van der Waals surface area contributed by atoms with Crippen LogP contribution >= 0.6 is 0 Å². The van der Waals surface area contributed by atoms with Gasteiger partial charge >= 0.3 is 6.16 Å². The first kappa shape index (κ1) is 15.3. The molecule has 1 saturated carbocycles. The maximum atomic E-state index is 10.6. The summed E-state index contributed by atoms with van der Waals surface area (Å²) in [5.41, 5.74) is 0.692. The van der Waals surface area contributed by atoms with E-state index >= 15 is 0 Å². The van der Waals surface area contributed by atoms with E-state index in [4.69, 9.17) is 9.84 Å². The molecule has 0 heterocycles. The Morgan fingerprint density at radius 2 is 1.44 bits per heavy atom.